The van der Waals surface area contributed by atoms with E-state index in [1.165, 1.54) is 6.42 Å². The van der Waals surface area contributed by atoms with Gasteiger partial charge in [0.2, 0.25) is 0 Å². The van der Waals surface area contributed by atoms with Crippen LogP contribution in [0.1, 0.15) is 51.9 Å². The van der Waals surface area contributed by atoms with Crippen LogP contribution in [0.3, 0.4) is 0 Å². The normalized spacial score (nSPS) is 28.5. The Morgan fingerprint density at radius 3 is 2.37 bits per heavy atom. The summed E-state index contributed by atoms with van der Waals surface area (Å²) in [6.07, 6.45) is 5.72. The molecule has 1 aromatic rings. The van der Waals surface area contributed by atoms with Crippen LogP contribution in [0.4, 0.5) is 0 Å². The topological polar surface area (TPSA) is 52.0 Å². The number of hydrogen-bond donors (Lipinski definition) is 0. The molecule has 0 amide bonds. The predicted octanol–water partition coefficient (Wildman–Crippen LogP) is 3.37. The van der Waals surface area contributed by atoms with E-state index in [1.54, 1.807) is 6.20 Å². The molecule has 0 aliphatic heterocycles. The fourth-order valence-corrected chi connectivity index (χ4v) is 3.91. The average molecular weight is 305 g/mol. The summed E-state index contributed by atoms with van der Waals surface area (Å²) in [7, 11) is 1.65. The fraction of sp³-hybridized carbons (Fsp3) is 0.769. The van der Waals surface area contributed by atoms with Crippen molar-refractivity contribution in [2.24, 2.45) is 11.8 Å². The number of imidazole rings is 1. The highest BCUT2D eigenvalue weighted by molar-refractivity contribution is 8.13. The summed E-state index contributed by atoms with van der Waals surface area (Å²) in [6, 6.07) is 0.341. The lowest BCUT2D eigenvalue weighted by Crippen LogP contribution is -2.23. The molecule has 1 fully saturated rings. The van der Waals surface area contributed by atoms with E-state index in [4.69, 9.17) is 10.7 Å². The van der Waals surface area contributed by atoms with Crippen molar-refractivity contribution in [3.8, 4) is 0 Å². The van der Waals surface area contributed by atoms with E-state index in [2.05, 4.69) is 18.8 Å². The van der Waals surface area contributed by atoms with Crippen molar-refractivity contribution in [1.82, 2.24) is 9.55 Å². The van der Waals surface area contributed by atoms with Gasteiger partial charge in [-0.25, -0.2) is 13.4 Å². The zero-order chi connectivity index (χ0) is 14.2. The number of rotatable bonds is 3. The first kappa shape index (κ1) is 14.9. The number of halogens is 1. The molecule has 1 aromatic heterocycles. The molecular formula is C13H21ClN2O2S. The summed E-state index contributed by atoms with van der Waals surface area (Å²) in [4.78, 5) is 4.17. The highest BCUT2D eigenvalue weighted by Gasteiger charge is 2.28. The molecule has 0 N–H and O–H groups in total. The highest BCUT2D eigenvalue weighted by Crippen LogP contribution is 2.37. The minimum atomic E-state index is -3.74. The first-order chi connectivity index (χ1) is 8.81. The lowest BCUT2D eigenvalue weighted by Gasteiger charge is -2.33. The highest BCUT2D eigenvalue weighted by atomic mass is 35.7. The smallest absolute Gasteiger partial charge is 0.280 e. The molecule has 1 aliphatic carbocycles. The molecule has 2 unspecified atom stereocenters. The molecule has 0 saturated heterocycles. The van der Waals surface area contributed by atoms with Crippen molar-refractivity contribution in [3.63, 3.8) is 0 Å². The van der Waals surface area contributed by atoms with Crippen molar-refractivity contribution in [1.29, 1.82) is 0 Å². The Bertz CT molecular complexity index is 543. The van der Waals surface area contributed by atoms with Gasteiger partial charge in [0.05, 0.1) is 0 Å². The van der Waals surface area contributed by atoms with Gasteiger partial charge in [0.25, 0.3) is 9.05 Å². The minimum absolute atomic E-state index is 0.0168. The summed E-state index contributed by atoms with van der Waals surface area (Å²) >= 11 is 0. The zero-order valence-electron chi connectivity index (χ0n) is 11.6. The van der Waals surface area contributed by atoms with Crippen LogP contribution in [0.2, 0.25) is 0 Å². The van der Waals surface area contributed by atoms with Crippen LogP contribution in [0, 0.1) is 11.8 Å². The van der Waals surface area contributed by atoms with Crippen molar-refractivity contribution in [2.75, 3.05) is 0 Å². The molecule has 4 nitrogen and oxygen atoms in total. The third-order valence-corrected chi connectivity index (χ3v) is 5.07. The summed E-state index contributed by atoms with van der Waals surface area (Å²) < 4.78 is 24.9. The van der Waals surface area contributed by atoms with E-state index in [0.29, 0.717) is 24.3 Å². The summed E-state index contributed by atoms with van der Waals surface area (Å²) in [5.74, 6) is 2.14. The maximum absolute atomic E-state index is 11.4. The van der Waals surface area contributed by atoms with Gasteiger partial charge in [-0.3, -0.25) is 0 Å². The van der Waals surface area contributed by atoms with Gasteiger partial charge in [-0.15, -0.1) is 0 Å². The zero-order valence-corrected chi connectivity index (χ0v) is 13.2. The van der Waals surface area contributed by atoms with Gasteiger partial charge < -0.3 is 4.57 Å². The Morgan fingerprint density at radius 2 is 1.89 bits per heavy atom. The quantitative estimate of drug-likeness (QED) is 0.805. The largest absolute Gasteiger partial charge is 0.330 e. The lowest BCUT2D eigenvalue weighted by molar-refractivity contribution is 0.218. The SMILES string of the molecule is CCc1nc(S(=O)(=O)Cl)cn1C1CC(C)CC(C)C1. The van der Waals surface area contributed by atoms with Gasteiger partial charge in [0.15, 0.2) is 5.03 Å². The van der Waals surface area contributed by atoms with Crippen molar-refractivity contribution in [2.45, 2.75) is 57.5 Å². The van der Waals surface area contributed by atoms with E-state index < -0.39 is 9.05 Å². The molecule has 1 aliphatic rings. The van der Waals surface area contributed by atoms with E-state index in [-0.39, 0.29) is 5.03 Å². The molecule has 1 heterocycles. The number of hydrogen-bond acceptors (Lipinski definition) is 3. The summed E-state index contributed by atoms with van der Waals surface area (Å²) in [5, 5.41) is -0.0168. The van der Waals surface area contributed by atoms with Gasteiger partial charge >= 0.3 is 0 Å². The van der Waals surface area contributed by atoms with Crippen LogP contribution in [0.15, 0.2) is 11.2 Å². The van der Waals surface area contributed by atoms with E-state index in [1.807, 2.05) is 11.5 Å². The number of aryl methyl sites for hydroxylation is 1. The van der Waals surface area contributed by atoms with Gasteiger partial charge in [-0.2, -0.15) is 0 Å². The molecule has 19 heavy (non-hydrogen) atoms. The molecule has 0 bridgehead atoms. The third kappa shape index (κ3) is 3.31. The molecule has 0 radical (unpaired) electrons. The second-order valence-electron chi connectivity index (χ2n) is 5.77. The molecular weight excluding hydrogens is 284 g/mol. The second-order valence-corrected chi connectivity index (χ2v) is 8.28. The standard InChI is InChI=1S/C13H21ClN2O2S/c1-4-12-15-13(19(14,17)18)8-16(12)11-6-9(2)5-10(3)7-11/h8-11H,4-7H2,1-3H3. The predicted molar refractivity (Wildman–Crippen MR) is 75.9 cm³/mol. The molecule has 6 heteroatoms. The molecule has 1 saturated carbocycles. The Hall–Kier alpha value is -0.550. The van der Waals surface area contributed by atoms with Crippen LogP contribution in [-0.2, 0) is 15.5 Å². The minimum Gasteiger partial charge on any atom is -0.330 e. The Kier molecular flexibility index (Phi) is 4.26. The van der Waals surface area contributed by atoms with Gasteiger partial charge in [-0.1, -0.05) is 20.8 Å². The van der Waals surface area contributed by atoms with Gasteiger partial charge in [0, 0.05) is 29.3 Å². The van der Waals surface area contributed by atoms with Crippen LogP contribution >= 0.6 is 10.7 Å². The molecule has 2 atom stereocenters. The first-order valence-electron chi connectivity index (χ1n) is 6.83. The molecule has 0 spiro atoms. The molecule has 108 valence electrons. The number of nitrogens with zero attached hydrogens (tertiary/aromatic N) is 2. The maximum Gasteiger partial charge on any atom is 0.280 e. The summed E-state index contributed by atoms with van der Waals surface area (Å²) in [6.45, 7) is 6.49. The first-order valence-corrected chi connectivity index (χ1v) is 9.14. The van der Waals surface area contributed by atoms with Gasteiger partial charge in [-0.05, 0) is 31.1 Å². The lowest BCUT2D eigenvalue weighted by atomic mass is 9.80. The van der Waals surface area contributed by atoms with Gasteiger partial charge in [0.1, 0.15) is 5.82 Å². The molecule has 0 aromatic carbocycles. The second kappa shape index (κ2) is 5.44. The number of aromatic nitrogens is 2. The monoisotopic (exact) mass is 304 g/mol. The van der Waals surface area contributed by atoms with Crippen LogP contribution in [0.25, 0.3) is 0 Å². The molecule has 2 rings (SSSR count). The Morgan fingerprint density at radius 1 is 1.32 bits per heavy atom. The van der Waals surface area contributed by atoms with E-state index in [0.717, 1.165) is 18.7 Å². The van der Waals surface area contributed by atoms with E-state index >= 15 is 0 Å². The van der Waals surface area contributed by atoms with Crippen molar-refractivity contribution >= 4 is 19.7 Å². The third-order valence-electron chi connectivity index (χ3n) is 3.90. The van der Waals surface area contributed by atoms with Crippen LogP contribution in [0.5, 0.6) is 0 Å². The van der Waals surface area contributed by atoms with E-state index in [9.17, 15) is 8.42 Å². The Balaban J connectivity index is 2.36. The van der Waals surface area contributed by atoms with Crippen LogP contribution < -0.4 is 0 Å². The van der Waals surface area contributed by atoms with Crippen molar-refractivity contribution < 1.29 is 8.42 Å². The maximum atomic E-state index is 11.4. The Labute approximate surface area is 119 Å². The fourth-order valence-electron chi connectivity index (χ4n) is 3.23. The average Bonchev–Trinajstić information content (AvgIpc) is 2.71. The summed E-state index contributed by atoms with van der Waals surface area (Å²) in [5.41, 5.74) is 0. The van der Waals surface area contributed by atoms with Crippen molar-refractivity contribution in [3.05, 3.63) is 12.0 Å². The van der Waals surface area contributed by atoms with Crippen LogP contribution in [-0.4, -0.2) is 18.0 Å².